The Bertz CT molecular complexity index is 884. The van der Waals surface area contributed by atoms with E-state index in [9.17, 15) is 0 Å². The lowest BCUT2D eigenvalue weighted by Gasteiger charge is -2.35. The van der Waals surface area contributed by atoms with E-state index in [2.05, 4.69) is 9.97 Å². The van der Waals surface area contributed by atoms with Gasteiger partial charge in [0.05, 0.1) is 11.0 Å². The van der Waals surface area contributed by atoms with E-state index in [1.165, 1.54) is 6.42 Å². The number of ether oxygens (including phenoxy) is 2. The highest BCUT2D eigenvalue weighted by Gasteiger charge is 2.38. The fourth-order valence-corrected chi connectivity index (χ4v) is 3.86. The second-order valence-corrected chi connectivity index (χ2v) is 6.63. The molecule has 0 bridgehead atoms. The van der Waals surface area contributed by atoms with E-state index >= 15 is 0 Å². The van der Waals surface area contributed by atoms with Gasteiger partial charge in [0.25, 0.3) is 0 Å². The molecule has 1 fully saturated rings. The summed E-state index contributed by atoms with van der Waals surface area (Å²) in [7, 11) is 1.79. The Morgan fingerprint density at radius 3 is 2.76 bits per heavy atom. The summed E-state index contributed by atoms with van der Waals surface area (Å²) in [5.74, 6) is 0.806. The van der Waals surface area contributed by atoms with Gasteiger partial charge in [-0.1, -0.05) is 19.3 Å². The first-order valence-corrected chi connectivity index (χ1v) is 9.04. The molecule has 0 aliphatic heterocycles. The number of hydrogen-bond donors (Lipinski definition) is 1. The molecule has 0 spiro atoms. The van der Waals surface area contributed by atoms with Gasteiger partial charge in [-0.3, -0.25) is 4.98 Å². The molecule has 1 N–H and O–H groups in total. The molecule has 0 amide bonds. The second-order valence-electron chi connectivity index (χ2n) is 6.63. The number of fused-ring (bicyclic) bond motifs is 3. The van der Waals surface area contributed by atoms with Crippen molar-refractivity contribution in [2.75, 3.05) is 13.7 Å². The van der Waals surface area contributed by atoms with Crippen molar-refractivity contribution in [3.8, 4) is 0 Å². The van der Waals surface area contributed by atoms with E-state index in [-0.39, 0.29) is 5.60 Å². The van der Waals surface area contributed by atoms with E-state index < -0.39 is 0 Å². The van der Waals surface area contributed by atoms with Crippen LogP contribution in [0.4, 0.5) is 0 Å². The number of H-pyrrole nitrogens is 1. The van der Waals surface area contributed by atoms with Gasteiger partial charge in [0.1, 0.15) is 34.8 Å². The molecular weight excluding hydrogens is 316 g/mol. The fraction of sp³-hybridized carbons (Fsp3) is 0.526. The highest BCUT2D eigenvalue weighted by molar-refractivity contribution is 6.00. The van der Waals surface area contributed by atoms with E-state index in [1.54, 1.807) is 13.3 Å². The minimum Gasteiger partial charge on any atom is -0.374 e. The predicted molar refractivity (Wildman–Crippen MR) is 96.3 cm³/mol. The Labute approximate surface area is 147 Å². The van der Waals surface area contributed by atoms with Crippen molar-refractivity contribution >= 4 is 22.1 Å². The van der Waals surface area contributed by atoms with Crippen molar-refractivity contribution < 1.29 is 9.47 Å². The van der Waals surface area contributed by atoms with Gasteiger partial charge in [0, 0.05) is 19.9 Å². The van der Waals surface area contributed by atoms with Crippen molar-refractivity contribution in [1.82, 2.24) is 19.9 Å². The number of nitrogens with one attached hydrogen (secondary N) is 1. The van der Waals surface area contributed by atoms with Gasteiger partial charge in [-0.2, -0.15) is 0 Å². The lowest BCUT2D eigenvalue weighted by atomic mass is 9.81. The monoisotopic (exact) mass is 340 g/mol. The van der Waals surface area contributed by atoms with E-state index in [0.717, 1.165) is 59.3 Å². The molecule has 6 nitrogen and oxygen atoms in total. The van der Waals surface area contributed by atoms with Crippen molar-refractivity contribution in [2.45, 2.75) is 51.2 Å². The van der Waals surface area contributed by atoms with E-state index in [1.807, 2.05) is 19.1 Å². The quantitative estimate of drug-likeness (QED) is 0.764. The third-order valence-electron chi connectivity index (χ3n) is 5.16. The average molecular weight is 340 g/mol. The van der Waals surface area contributed by atoms with Gasteiger partial charge in [-0.25, -0.2) is 9.97 Å². The molecule has 25 heavy (non-hydrogen) atoms. The summed E-state index contributed by atoms with van der Waals surface area (Å²) < 4.78 is 11.6. The SMILES string of the molecule is CCOCc1nc2c(C3(OC)CCCCC3)nc3cccnc3c2[nH]1. The number of pyridine rings is 2. The van der Waals surface area contributed by atoms with Crippen LogP contribution in [0.5, 0.6) is 0 Å². The molecule has 4 rings (SSSR count). The van der Waals surface area contributed by atoms with E-state index in [0.29, 0.717) is 13.2 Å². The molecule has 3 heterocycles. The molecule has 1 saturated carbocycles. The average Bonchev–Trinajstić information content (AvgIpc) is 3.10. The van der Waals surface area contributed by atoms with Crippen LogP contribution in [0.3, 0.4) is 0 Å². The summed E-state index contributed by atoms with van der Waals surface area (Å²) in [6, 6.07) is 3.92. The summed E-state index contributed by atoms with van der Waals surface area (Å²) in [5.41, 5.74) is 4.09. The Kier molecular flexibility index (Phi) is 4.39. The molecular formula is C19H24N4O2. The summed E-state index contributed by atoms with van der Waals surface area (Å²) in [5, 5.41) is 0. The minimum atomic E-state index is -0.362. The van der Waals surface area contributed by atoms with Crippen molar-refractivity contribution in [3.05, 3.63) is 29.8 Å². The van der Waals surface area contributed by atoms with Gasteiger partial charge in [-0.15, -0.1) is 0 Å². The summed E-state index contributed by atoms with van der Waals surface area (Å²) in [4.78, 5) is 17.7. The number of nitrogens with zero attached hydrogens (tertiary/aromatic N) is 3. The number of rotatable bonds is 5. The first kappa shape index (κ1) is 16.4. The zero-order valence-electron chi connectivity index (χ0n) is 14.8. The molecule has 132 valence electrons. The van der Waals surface area contributed by atoms with Gasteiger partial charge in [-0.05, 0) is 31.9 Å². The van der Waals surface area contributed by atoms with Crippen molar-refractivity contribution in [3.63, 3.8) is 0 Å². The predicted octanol–water partition coefficient (Wildman–Crippen LogP) is 3.85. The molecule has 6 heteroatoms. The van der Waals surface area contributed by atoms with Gasteiger partial charge >= 0.3 is 0 Å². The maximum Gasteiger partial charge on any atom is 0.133 e. The number of imidazole rings is 1. The van der Waals surface area contributed by atoms with Gasteiger partial charge in [0.15, 0.2) is 0 Å². The molecule has 3 aromatic heterocycles. The second kappa shape index (κ2) is 6.69. The molecule has 0 aromatic carbocycles. The molecule has 0 saturated heterocycles. The molecule has 0 atom stereocenters. The smallest absolute Gasteiger partial charge is 0.133 e. The van der Waals surface area contributed by atoms with Crippen LogP contribution in [0.2, 0.25) is 0 Å². The van der Waals surface area contributed by atoms with Crippen LogP contribution in [0, 0.1) is 0 Å². The Morgan fingerprint density at radius 1 is 1.16 bits per heavy atom. The lowest BCUT2D eigenvalue weighted by molar-refractivity contribution is -0.0465. The zero-order chi connectivity index (χ0) is 17.3. The molecule has 0 radical (unpaired) electrons. The Balaban J connectivity index is 1.96. The van der Waals surface area contributed by atoms with Crippen LogP contribution in [-0.4, -0.2) is 33.7 Å². The molecule has 1 aliphatic carbocycles. The third-order valence-corrected chi connectivity index (χ3v) is 5.16. The highest BCUT2D eigenvalue weighted by Crippen LogP contribution is 2.42. The summed E-state index contributed by atoms with van der Waals surface area (Å²) in [6.45, 7) is 3.09. The number of methoxy groups -OCH3 is 1. The third kappa shape index (κ3) is 2.79. The molecule has 3 aromatic rings. The van der Waals surface area contributed by atoms with Crippen LogP contribution in [0.1, 0.15) is 50.5 Å². The highest BCUT2D eigenvalue weighted by atomic mass is 16.5. The lowest BCUT2D eigenvalue weighted by Crippen LogP contribution is -2.32. The summed E-state index contributed by atoms with van der Waals surface area (Å²) >= 11 is 0. The van der Waals surface area contributed by atoms with Crippen molar-refractivity contribution in [1.29, 1.82) is 0 Å². The van der Waals surface area contributed by atoms with Gasteiger partial charge in [0.2, 0.25) is 0 Å². The van der Waals surface area contributed by atoms with Crippen LogP contribution in [0.25, 0.3) is 22.1 Å². The van der Waals surface area contributed by atoms with Crippen LogP contribution < -0.4 is 0 Å². The summed E-state index contributed by atoms with van der Waals surface area (Å²) in [6.07, 6.45) is 7.30. The first-order chi connectivity index (χ1) is 12.3. The fourth-order valence-electron chi connectivity index (χ4n) is 3.86. The minimum absolute atomic E-state index is 0.362. The number of hydrogen-bond acceptors (Lipinski definition) is 5. The molecule has 1 aliphatic rings. The van der Waals surface area contributed by atoms with Crippen LogP contribution >= 0.6 is 0 Å². The standard InChI is InChI=1S/C19H24N4O2/c1-3-25-12-14-22-16-15-13(8-7-11-20-15)21-18(17(16)23-14)19(24-2)9-5-4-6-10-19/h7-8,11H,3-6,9-10,12H2,1-2H3,(H,22,23). The molecule has 0 unspecified atom stereocenters. The Hall–Kier alpha value is -2.05. The number of aromatic nitrogens is 4. The topological polar surface area (TPSA) is 72.9 Å². The van der Waals surface area contributed by atoms with Crippen LogP contribution in [-0.2, 0) is 21.7 Å². The van der Waals surface area contributed by atoms with E-state index in [4.69, 9.17) is 19.4 Å². The largest absolute Gasteiger partial charge is 0.374 e. The maximum atomic E-state index is 6.04. The number of aromatic amines is 1. The van der Waals surface area contributed by atoms with Crippen LogP contribution in [0.15, 0.2) is 18.3 Å². The Morgan fingerprint density at radius 2 is 2.00 bits per heavy atom. The maximum absolute atomic E-state index is 6.04. The first-order valence-electron chi connectivity index (χ1n) is 9.04. The zero-order valence-corrected chi connectivity index (χ0v) is 14.8. The van der Waals surface area contributed by atoms with Gasteiger partial charge < -0.3 is 14.5 Å². The van der Waals surface area contributed by atoms with Crippen molar-refractivity contribution in [2.24, 2.45) is 0 Å². The normalized spacial score (nSPS) is 17.4.